The van der Waals surface area contributed by atoms with E-state index in [0.29, 0.717) is 22.3 Å². The first kappa shape index (κ1) is 18.7. The predicted molar refractivity (Wildman–Crippen MR) is 190 cm³/mol. The molecule has 0 spiro atoms. The molecule has 9 aromatic rings. The fourth-order valence-corrected chi connectivity index (χ4v) is 6.52. The maximum absolute atomic E-state index is 9.28. The van der Waals surface area contributed by atoms with Gasteiger partial charge in [-0.2, -0.15) is 0 Å². The second-order valence-corrected chi connectivity index (χ2v) is 11.1. The van der Waals surface area contributed by atoms with Crippen LogP contribution < -0.4 is 0 Å². The second-order valence-electron chi connectivity index (χ2n) is 11.1. The van der Waals surface area contributed by atoms with E-state index in [1.807, 2.05) is 121 Å². The van der Waals surface area contributed by atoms with Crippen LogP contribution in [0.15, 0.2) is 174 Å². The van der Waals surface area contributed by atoms with Gasteiger partial charge in [-0.05, 0) is 84.3 Å². The monoisotopic (exact) mass is 580 g/mol. The molecule has 1 nitrogen and oxygen atoms in total. The van der Waals surface area contributed by atoms with E-state index < -0.39 is 24.2 Å². The van der Waals surface area contributed by atoms with Crippen LogP contribution >= 0.6 is 0 Å². The van der Waals surface area contributed by atoms with Crippen molar-refractivity contribution in [2.45, 2.75) is 0 Å². The van der Waals surface area contributed by atoms with Crippen LogP contribution in [0.3, 0.4) is 0 Å². The van der Waals surface area contributed by atoms with Crippen molar-refractivity contribution in [1.29, 1.82) is 0 Å². The van der Waals surface area contributed by atoms with Crippen LogP contribution in [0.1, 0.15) is 11.0 Å². The molecule has 210 valence electrons. The molecule has 0 aliphatic carbocycles. The van der Waals surface area contributed by atoms with Gasteiger partial charge in [-0.3, -0.25) is 0 Å². The van der Waals surface area contributed by atoms with Crippen molar-refractivity contribution in [2.24, 2.45) is 0 Å². The maximum atomic E-state index is 9.28. The zero-order valence-electron chi connectivity index (χ0n) is 32.0. The molecule has 0 aliphatic heterocycles. The van der Waals surface area contributed by atoms with Crippen molar-refractivity contribution in [3.05, 3.63) is 170 Å². The first-order chi connectivity index (χ1) is 25.7. The zero-order valence-corrected chi connectivity index (χ0v) is 24.0. The van der Waals surface area contributed by atoms with Gasteiger partial charge in [0.15, 0.2) is 0 Å². The highest BCUT2D eigenvalue weighted by molar-refractivity contribution is 6.21. The summed E-state index contributed by atoms with van der Waals surface area (Å²) in [5.74, 6) is 0. The maximum Gasteiger partial charge on any atom is 0.136 e. The van der Waals surface area contributed by atoms with Crippen LogP contribution in [0.25, 0.3) is 88.0 Å². The fraction of sp³-hybridized carbons (Fsp3) is 0. The van der Waals surface area contributed by atoms with Gasteiger partial charge in [0.1, 0.15) is 11.2 Å². The standard InChI is InChI=1S/C44H28O/c1-2-12-29(13-3-1)32-14-10-15-33(28-32)43-37-18-6-4-16-35(37)42(36-17-5-7-19-38(36)43)31-26-24-30(25-27-31)34-21-11-23-41-44(34)39-20-8-9-22-40(39)45-41/h1-28H/i4D,5D,6D,7D,16D,17D,18D,19D. The van der Waals surface area contributed by atoms with Gasteiger partial charge in [0.05, 0.1) is 11.0 Å². The predicted octanol–water partition coefficient (Wildman–Crippen LogP) is 12.6. The van der Waals surface area contributed by atoms with Crippen molar-refractivity contribution in [1.82, 2.24) is 0 Å². The molecule has 0 saturated heterocycles. The fourth-order valence-electron chi connectivity index (χ4n) is 6.52. The molecule has 0 bridgehead atoms. The summed E-state index contributed by atoms with van der Waals surface area (Å²) in [5.41, 5.74) is 6.91. The van der Waals surface area contributed by atoms with Gasteiger partial charge in [-0.25, -0.2) is 0 Å². The lowest BCUT2D eigenvalue weighted by molar-refractivity contribution is 0.669. The first-order valence-corrected chi connectivity index (χ1v) is 14.8. The minimum Gasteiger partial charge on any atom is -0.456 e. The number of furan rings is 1. The van der Waals surface area contributed by atoms with Gasteiger partial charge in [-0.15, -0.1) is 0 Å². The Hall–Kier alpha value is -5.92. The average molecular weight is 581 g/mol. The molecule has 0 fully saturated rings. The Morgan fingerprint density at radius 3 is 1.62 bits per heavy atom. The van der Waals surface area contributed by atoms with Crippen molar-refractivity contribution in [3.8, 4) is 44.5 Å². The molecule has 0 atom stereocenters. The van der Waals surface area contributed by atoms with Crippen LogP contribution in [0, 0.1) is 0 Å². The van der Waals surface area contributed by atoms with Gasteiger partial charge >= 0.3 is 0 Å². The summed E-state index contributed by atoms with van der Waals surface area (Å²) in [6.07, 6.45) is 0. The lowest BCUT2D eigenvalue weighted by Crippen LogP contribution is -1.91. The van der Waals surface area contributed by atoms with Gasteiger partial charge in [0.2, 0.25) is 0 Å². The molecule has 0 saturated carbocycles. The molecule has 1 heteroatoms. The van der Waals surface area contributed by atoms with Crippen LogP contribution in [-0.2, 0) is 0 Å². The Kier molecular flexibility index (Phi) is 4.30. The Labute approximate surface area is 272 Å². The normalized spacial score (nSPS) is 14.0. The highest BCUT2D eigenvalue weighted by atomic mass is 16.3. The SMILES string of the molecule is [2H]c1c([2H])c([2H])c2c(-c3cccc(-c4ccccc4)c3)c3c([2H])c([2H])c([2H])c([2H])c3c(-c3ccc(-c4cccc5oc6ccccc6c45)cc3)c2c1[2H]. The third-order valence-corrected chi connectivity index (χ3v) is 8.52. The van der Waals surface area contributed by atoms with E-state index >= 15 is 0 Å². The summed E-state index contributed by atoms with van der Waals surface area (Å²) >= 11 is 0. The van der Waals surface area contributed by atoms with Gasteiger partial charge in [0, 0.05) is 10.8 Å². The number of rotatable bonds is 4. The molecule has 0 amide bonds. The largest absolute Gasteiger partial charge is 0.456 e. The van der Waals surface area contributed by atoms with Crippen molar-refractivity contribution >= 4 is 43.5 Å². The third-order valence-electron chi connectivity index (χ3n) is 8.52. The third kappa shape index (κ3) is 4.17. The second kappa shape index (κ2) is 10.4. The van der Waals surface area contributed by atoms with E-state index in [1.165, 1.54) is 0 Å². The number of hydrogen-bond donors (Lipinski definition) is 0. The summed E-state index contributed by atoms with van der Waals surface area (Å²) in [6.45, 7) is 0. The quantitative estimate of drug-likeness (QED) is 0.189. The Bertz CT molecular complexity index is 2890. The van der Waals surface area contributed by atoms with Crippen LogP contribution in [0.5, 0.6) is 0 Å². The first-order valence-electron chi connectivity index (χ1n) is 18.8. The number of benzene rings is 8. The van der Waals surface area contributed by atoms with Crippen molar-refractivity contribution in [2.75, 3.05) is 0 Å². The van der Waals surface area contributed by atoms with E-state index in [1.54, 1.807) is 0 Å². The lowest BCUT2D eigenvalue weighted by atomic mass is 9.85. The molecule has 9 rings (SSSR count). The van der Waals surface area contributed by atoms with Crippen molar-refractivity contribution in [3.63, 3.8) is 0 Å². The molecule has 0 aliphatic rings. The highest BCUT2D eigenvalue weighted by Gasteiger charge is 2.18. The molecule has 45 heavy (non-hydrogen) atoms. The number of hydrogen-bond acceptors (Lipinski definition) is 1. The Morgan fingerprint density at radius 1 is 0.378 bits per heavy atom. The zero-order chi connectivity index (χ0) is 36.7. The van der Waals surface area contributed by atoms with E-state index in [-0.39, 0.29) is 45.7 Å². The van der Waals surface area contributed by atoms with Gasteiger partial charge in [-0.1, -0.05) is 151 Å². The van der Waals surface area contributed by atoms with Crippen molar-refractivity contribution < 1.29 is 15.4 Å². The smallest absolute Gasteiger partial charge is 0.136 e. The molecule has 1 heterocycles. The van der Waals surface area contributed by atoms with Crippen LogP contribution in [-0.4, -0.2) is 0 Å². The Balaban J connectivity index is 1.39. The average Bonchev–Trinajstić information content (AvgIpc) is 3.59. The minimum atomic E-state index is -0.428. The highest BCUT2D eigenvalue weighted by Crippen LogP contribution is 2.45. The van der Waals surface area contributed by atoms with Gasteiger partial charge in [0.25, 0.3) is 0 Å². The molecule has 0 unspecified atom stereocenters. The van der Waals surface area contributed by atoms with Gasteiger partial charge < -0.3 is 4.42 Å². The number of para-hydroxylation sites is 1. The lowest BCUT2D eigenvalue weighted by Gasteiger charge is -2.18. The number of fused-ring (bicyclic) bond motifs is 5. The summed E-state index contributed by atoms with van der Waals surface area (Å²) < 4.78 is 78.2. The van der Waals surface area contributed by atoms with E-state index in [2.05, 4.69) is 0 Å². The summed E-state index contributed by atoms with van der Waals surface area (Å²) in [4.78, 5) is 0. The summed E-state index contributed by atoms with van der Waals surface area (Å²) in [7, 11) is 0. The Morgan fingerprint density at radius 2 is 0.911 bits per heavy atom. The summed E-state index contributed by atoms with van der Waals surface area (Å²) in [5, 5.41) is 2.70. The van der Waals surface area contributed by atoms with E-state index in [9.17, 15) is 5.48 Å². The summed E-state index contributed by atoms with van der Waals surface area (Å²) in [6, 6.07) is 35.7. The molecular weight excluding hydrogens is 544 g/mol. The topological polar surface area (TPSA) is 13.1 Å². The van der Waals surface area contributed by atoms with E-state index in [0.717, 1.165) is 44.2 Å². The molecule has 1 aromatic heterocycles. The van der Waals surface area contributed by atoms with Crippen LogP contribution in [0.4, 0.5) is 0 Å². The minimum absolute atomic E-state index is 0.185. The molecule has 8 aromatic carbocycles. The molecular formula is C44H28O. The van der Waals surface area contributed by atoms with E-state index in [4.69, 9.17) is 9.90 Å². The molecule has 0 radical (unpaired) electrons. The van der Waals surface area contributed by atoms with Crippen LogP contribution in [0.2, 0.25) is 0 Å². The molecule has 0 N–H and O–H groups in total.